The Labute approximate surface area is 270 Å². The van der Waals surface area contributed by atoms with E-state index in [-0.39, 0.29) is 31.6 Å². The molecule has 2 unspecified atom stereocenters. The maximum absolute atomic E-state index is 13.6. The van der Waals surface area contributed by atoms with Gasteiger partial charge in [-0.25, -0.2) is 4.79 Å². The van der Waals surface area contributed by atoms with E-state index in [1.165, 1.54) is 0 Å². The van der Waals surface area contributed by atoms with Crippen LogP contribution in [0.15, 0.2) is 45.3 Å². The largest absolute Gasteiger partial charge is 0.498 e. The fraction of sp³-hybridized carbons (Fsp3) is 0.516. The standard InChI is InChI=1S/C31H40Br2N6O4/c1-36(2)23-8-12-37(13-9-23)31(11-16-40)19-24(38-14-7-22-5-3-4-6-27(22)35-29(38)41)10-15-39(31,30(42)43)20-21-17-25(32)28(34)26(33)18-21/h3-6,16-18,23-24H,7-15,19-20,34H2,1-2H3,(H-,35,41,42,43)/t24?,31?,39-/m0/s1. The number of carbonyl (C=O) groups is 3. The van der Waals surface area contributed by atoms with E-state index < -0.39 is 16.2 Å². The molecule has 12 heteroatoms. The van der Waals surface area contributed by atoms with Crippen molar-refractivity contribution in [1.29, 1.82) is 0 Å². The molecule has 10 nitrogen and oxygen atoms in total. The first-order chi connectivity index (χ1) is 20.5. The molecule has 0 aromatic heterocycles. The third kappa shape index (κ3) is 5.96. The molecule has 43 heavy (non-hydrogen) atoms. The molecule has 3 N–H and O–H groups in total. The van der Waals surface area contributed by atoms with E-state index in [0.717, 1.165) is 35.9 Å². The van der Waals surface area contributed by atoms with Crippen molar-refractivity contribution in [1.82, 2.24) is 14.7 Å². The summed E-state index contributed by atoms with van der Waals surface area (Å²) in [5, 5.41) is 16.6. The molecular weight excluding hydrogens is 680 g/mol. The van der Waals surface area contributed by atoms with E-state index in [9.17, 15) is 19.5 Å². The summed E-state index contributed by atoms with van der Waals surface area (Å²) < 4.78 is 0.904. The number of benzene rings is 2. The monoisotopic (exact) mass is 718 g/mol. The number of quaternary nitrogens is 1. The average Bonchev–Trinajstić information content (AvgIpc) is 3.14. The van der Waals surface area contributed by atoms with Gasteiger partial charge in [0.2, 0.25) is 0 Å². The fourth-order valence-electron chi connectivity index (χ4n) is 7.55. The number of hydrogen-bond donors (Lipinski definition) is 2. The molecular formula is C31H40Br2N6O4. The van der Waals surface area contributed by atoms with Crippen LogP contribution in [-0.2, 0) is 17.8 Å². The lowest BCUT2D eigenvalue weighted by atomic mass is 9.81. The Bertz CT molecular complexity index is 1360. The molecule has 0 radical (unpaired) electrons. The van der Waals surface area contributed by atoms with Crippen LogP contribution in [-0.4, -0.2) is 95.6 Å². The summed E-state index contributed by atoms with van der Waals surface area (Å²) >= 11 is 7.03. The summed E-state index contributed by atoms with van der Waals surface area (Å²) in [6, 6.07) is 11.4. The van der Waals surface area contributed by atoms with Gasteiger partial charge in [-0.3, -0.25) is 9.38 Å². The number of carboxylic acid groups (broad SMARTS) is 1. The number of nitrogens with two attached hydrogens (primary N) is 1. The number of nitrogens with zero attached hydrogens (tertiary/aromatic N) is 4. The number of piperidine rings is 2. The first-order valence-electron chi connectivity index (χ1n) is 14.8. The summed E-state index contributed by atoms with van der Waals surface area (Å²) in [5.74, 6) is 0. The Balaban J connectivity index is 1.56. The normalized spacial score (nSPS) is 27.0. The lowest BCUT2D eigenvalue weighted by Crippen LogP contribution is -2.80. The molecule has 2 saturated heterocycles. The molecule has 0 aliphatic carbocycles. The number of amides is 3. The van der Waals surface area contributed by atoms with Crippen molar-refractivity contribution >= 4 is 61.6 Å². The molecule has 5 rings (SSSR count). The van der Waals surface area contributed by atoms with Gasteiger partial charge in [0.05, 0.1) is 18.7 Å². The number of carbonyl (C=O) groups excluding carboxylic acids is 3. The highest BCUT2D eigenvalue weighted by Crippen LogP contribution is 2.46. The zero-order valence-corrected chi connectivity index (χ0v) is 27.9. The average molecular weight is 721 g/mol. The number of halogens is 2. The van der Waals surface area contributed by atoms with Crippen molar-refractivity contribution in [3.05, 3.63) is 56.5 Å². The van der Waals surface area contributed by atoms with E-state index in [2.05, 4.69) is 61.1 Å². The van der Waals surface area contributed by atoms with Gasteiger partial charge >= 0.3 is 6.03 Å². The highest BCUT2D eigenvalue weighted by Gasteiger charge is 2.61. The molecule has 0 spiro atoms. The molecule has 0 saturated carbocycles. The number of nitrogen functional groups attached to an aromatic ring is 1. The quantitative estimate of drug-likeness (QED) is 0.252. The van der Waals surface area contributed by atoms with Crippen LogP contribution in [0.5, 0.6) is 0 Å². The van der Waals surface area contributed by atoms with Crippen molar-refractivity contribution in [2.24, 2.45) is 0 Å². The maximum Gasteiger partial charge on any atom is 0.322 e. The number of anilines is 2. The Morgan fingerprint density at radius 1 is 1.16 bits per heavy atom. The van der Waals surface area contributed by atoms with Gasteiger partial charge in [0.25, 0.3) is 6.09 Å². The number of fused-ring (bicyclic) bond motifs is 1. The van der Waals surface area contributed by atoms with E-state index in [0.29, 0.717) is 59.6 Å². The van der Waals surface area contributed by atoms with Gasteiger partial charge in [-0.05, 0) is 89.0 Å². The van der Waals surface area contributed by atoms with Gasteiger partial charge in [-0.15, -0.1) is 0 Å². The third-order valence-electron chi connectivity index (χ3n) is 9.92. The first kappa shape index (κ1) is 31.9. The van der Waals surface area contributed by atoms with E-state index in [4.69, 9.17) is 5.73 Å². The zero-order chi connectivity index (χ0) is 30.9. The molecule has 3 aliphatic rings. The van der Waals surface area contributed by atoms with Crippen molar-refractivity contribution < 1.29 is 24.0 Å². The highest BCUT2D eigenvalue weighted by molar-refractivity contribution is 9.11. The van der Waals surface area contributed by atoms with Gasteiger partial charge in [0.1, 0.15) is 12.8 Å². The van der Waals surface area contributed by atoms with Crippen LogP contribution in [0.3, 0.4) is 0 Å². The van der Waals surface area contributed by atoms with Crippen molar-refractivity contribution in [3.8, 4) is 0 Å². The predicted molar refractivity (Wildman–Crippen MR) is 171 cm³/mol. The number of urea groups is 1. The minimum atomic E-state index is -1.22. The molecule has 0 bridgehead atoms. The van der Waals surface area contributed by atoms with Gasteiger partial charge < -0.3 is 35.5 Å². The number of nitrogens with one attached hydrogen (secondary N) is 1. The summed E-state index contributed by atoms with van der Waals surface area (Å²) in [5.41, 5.74) is 8.21. The van der Waals surface area contributed by atoms with Crippen LogP contribution < -0.4 is 16.2 Å². The molecule has 2 fully saturated rings. The van der Waals surface area contributed by atoms with Crippen LogP contribution in [0.25, 0.3) is 0 Å². The van der Waals surface area contributed by atoms with Crippen LogP contribution >= 0.6 is 31.9 Å². The summed E-state index contributed by atoms with van der Waals surface area (Å²) in [6.45, 7) is 2.12. The summed E-state index contributed by atoms with van der Waals surface area (Å²) in [6.07, 6.45) is 2.84. The summed E-state index contributed by atoms with van der Waals surface area (Å²) in [4.78, 5) is 46.0. The van der Waals surface area contributed by atoms with Crippen molar-refractivity contribution in [2.45, 2.75) is 62.8 Å². The number of hydrogen-bond acceptors (Lipinski definition) is 7. The van der Waals surface area contributed by atoms with Crippen LogP contribution in [0.2, 0.25) is 0 Å². The van der Waals surface area contributed by atoms with Gasteiger partial charge in [-0.2, -0.15) is 0 Å². The van der Waals surface area contributed by atoms with E-state index in [1.54, 1.807) is 0 Å². The molecule has 2 aromatic carbocycles. The van der Waals surface area contributed by atoms with Gasteiger partial charge in [-0.1, -0.05) is 18.2 Å². The first-order valence-corrected chi connectivity index (χ1v) is 16.4. The molecule has 3 aliphatic heterocycles. The fourth-order valence-corrected chi connectivity index (χ4v) is 8.83. The Hall–Kier alpha value is -2.51. The van der Waals surface area contributed by atoms with Crippen LogP contribution in [0.4, 0.5) is 21.0 Å². The second-order valence-electron chi connectivity index (χ2n) is 12.3. The molecule has 3 heterocycles. The minimum absolute atomic E-state index is 0.0110. The second kappa shape index (κ2) is 12.8. The zero-order valence-electron chi connectivity index (χ0n) is 24.7. The lowest BCUT2D eigenvalue weighted by molar-refractivity contribution is -0.956. The second-order valence-corrected chi connectivity index (χ2v) is 14.0. The van der Waals surface area contributed by atoms with Crippen LogP contribution in [0, 0.1) is 0 Å². The Morgan fingerprint density at radius 2 is 1.84 bits per heavy atom. The van der Waals surface area contributed by atoms with Gasteiger partial charge in [0, 0.05) is 64.8 Å². The molecule has 3 atom stereocenters. The maximum atomic E-state index is 13.6. The lowest BCUT2D eigenvalue weighted by Gasteiger charge is -2.61. The van der Waals surface area contributed by atoms with Gasteiger partial charge in [0.15, 0.2) is 5.66 Å². The van der Waals surface area contributed by atoms with Crippen molar-refractivity contribution in [2.75, 3.05) is 51.3 Å². The van der Waals surface area contributed by atoms with E-state index >= 15 is 0 Å². The van der Waals surface area contributed by atoms with E-state index in [1.807, 2.05) is 41.3 Å². The number of likely N-dealkylation sites (tertiary alicyclic amines) is 2. The Morgan fingerprint density at radius 3 is 2.47 bits per heavy atom. The topological polar surface area (TPSA) is 122 Å². The molecule has 2 aromatic rings. The molecule has 232 valence electrons. The number of aldehydes is 1. The highest BCUT2D eigenvalue weighted by atomic mass is 79.9. The molecule has 3 amide bonds. The number of rotatable bonds is 7. The summed E-state index contributed by atoms with van der Waals surface area (Å²) in [7, 11) is 4.12. The Kier molecular flexibility index (Phi) is 9.53. The number of para-hydroxylation sites is 1. The third-order valence-corrected chi connectivity index (χ3v) is 11.2. The SMILES string of the molecule is CN(C)C1CCN(C2(CC=O)CC(N3CCc4ccccc4NC3=O)CC[N@+]2(Cc2cc(Br)c(N)c(Br)c2)C(=O)[O-])CC1. The smallest absolute Gasteiger partial charge is 0.322 e. The van der Waals surface area contributed by atoms with Crippen molar-refractivity contribution in [3.63, 3.8) is 0 Å². The predicted octanol–water partition coefficient (Wildman–Crippen LogP) is 4.02. The van der Waals surface area contributed by atoms with Crippen LogP contribution in [0.1, 0.15) is 43.2 Å². The minimum Gasteiger partial charge on any atom is -0.498 e.